The van der Waals surface area contributed by atoms with Gasteiger partial charge in [-0.25, -0.2) is 0 Å². The van der Waals surface area contributed by atoms with E-state index in [-0.39, 0.29) is 0 Å². The molecule has 0 spiro atoms. The molecule has 3 heterocycles. The van der Waals surface area contributed by atoms with Gasteiger partial charge in [-0.15, -0.1) is 0 Å². The fraction of sp³-hybridized carbons (Fsp3) is 0.0526. The van der Waals surface area contributed by atoms with E-state index in [9.17, 15) is 0 Å². The average Bonchev–Trinajstić information content (AvgIpc) is 3.91. The monoisotopic (exact) mass is 767 g/mol. The molecule has 0 unspecified atom stereocenters. The minimum Gasteiger partial charge on any atom is -0.344 e. The second kappa shape index (κ2) is 13.8. The van der Waals surface area contributed by atoms with Crippen LogP contribution in [0.4, 0.5) is 0 Å². The summed E-state index contributed by atoms with van der Waals surface area (Å²) in [4.78, 5) is 0. The molecule has 12 rings (SSSR count). The van der Waals surface area contributed by atoms with Crippen molar-refractivity contribution in [3.05, 3.63) is 217 Å². The molecule has 3 aromatic heterocycles. The summed E-state index contributed by atoms with van der Waals surface area (Å²) in [5.41, 5.74) is 17.4. The van der Waals surface area contributed by atoms with Crippen LogP contribution in [-0.2, 0) is 20.1 Å². The van der Waals surface area contributed by atoms with Gasteiger partial charge in [0, 0.05) is 85.6 Å². The van der Waals surface area contributed by atoms with E-state index in [0.29, 0.717) is 0 Å². The number of hydrogen-bond acceptors (Lipinski definition) is 0. The molecule has 60 heavy (non-hydrogen) atoms. The fourth-order valence-corrected chi connectivity index (χ4v) is 9.88. The van der Waals surface area contributed by atoms with Gasteiger partial charge in [0.1, 0.15) is 0 Å². The molecule has 0 aliphatic rings. The van der Waals surface area contributed by atoms with Crippen molar-refractivity contribution in [2.24, 2.45) is 7.05 Å². The molecule has 9 aromatic carbocycles. The molecule has 0 atom stereocenters. The highest BCUT2D eigenvalue weighted by atomic mass is 15.0. The quantitative estimate of drug-likeness (QED) is 0.153. The zero-order valence-electron chi connectivity index (χ0n) is 33.4. The summed E-state index contributed by atoms with van der Waals surface area (Å²) in [6, 6.07) is 76.2. The normalized spacial score (nSPS) is 11.9. The number of hydrogen-bond donors (Lipinski definition) is 0. The van der Waals surface area contributed by atoms with Crippen molar-refractivity contribution in [2.45, 2.75) is 13.1 Å². The number of fused-ring (bicyclic) bond motifs is 9. The van der Waals surface area contributed by atoms with Crippen molar-refractivity contribution in [1.29, 1.82) is 0 Å². The molecule has 0 amide bonds. The summed E-state index contributed by atoms with van der Waals surface area (Å²) in [7, 11) is 2.17. The first-order chi connectivity index (χ1) is 29.7. The molecule has 0 radical (unpaired) electrons. The third kappa shape index (κ3) is 5.51. The maximum atomic E-state index is 2.47. The van der Waals surface area contributed by atoms with Gasteiger partial charge in [-0.2, -0.15) is 0 Å². The number of benzene rings is 9. The van der Waals surface area contributed by atoms with E-state index in [2.05, 4.69) is 227 Å². The Hall–Kier alpha value is -7.62. The lowest BCUT2D eigenvalue weighted by molar-refractivity contribution is 0.869. The van der Waals surface area contributed by atoms with Gasteiger partial charge in [0.15, 0.2) is 0 Å². The number of para-hydroxylation sites is 3. The smallest absolute Gasteiger partial charge is 0.0494 e. The van der Waals surface area contributed by atoms with E-state index in [1.54, 1.807) is 0 Å². The van der Waals surface area contributed by atoms with Crippen LogP contribution < -0.4 is 0 Å². The Bertz CT molecular complexity index is 3600. The molecule has 0 N–H and O–H groups in total. The molecule has 3 nitrogen and oxygen atoms in total. The number of aromatic nitrogens is 3. The zero-order valence-corrected chi connectivity index (χ0v) is 33.4. The molecule has 0 bridgehead atoms. The molecule has 0 aliphatic carbocycles. The average molecular weight is 768 g/mol. The van der Waals surface area contributed by atoms with Crippen LogP contribution in [-0.4, -0.2) is 13.7 Å². The highest BCUT2D eigenvalue weighted by Crippen LogP contribution is 2.42. The predicted octanol–water partition coefficient (Wildman–Crippen LogP) is 14.6. The summed E-state index contributed by atoms with van der Waals surface area (Å²) in [6.07, 6.45) is 0. The van der Waals surface area contributed by atoms with Crippen LogP contribution >= 0.6 is 0 Å². The van der Waals surface area contributed by atoms with Crippen molar-refractivity contribution in [3.63, 3.8) is 0 Å². The zero-order chi connectivity index (χ0) is 39.7. The van der Waals surface area contributed by atoms with E-state index in [1.807, 2.05) is 0 Å². The third-order valence-electron chi connectivity index (χ3n) is 12.8. The molecular weight excluding hydrogens is 727 g/mol. The van der Waals surface area contributed by atoms with Gasteiger partial charge in [-0.1, -0.05) is 146 Å². The standard InChI is InChI=1S/C57H41N3/c1-58-52-21-11-8-18-45(52)49-34-42(26-29-53(49)58)44-28-24-40(41-25-30-56-50(33-41)46-19-9-12-22-54(46)59(56)36-38-14-4-2-5-15-38)32-48(44)43-27-31-57-51(35-43)47-20-10-13-23-55(47)60(57)37-39-16-6-3-7-17-39/h2-35H,36-37H2,1H3. The SMILES string of the molecule is Cn1c2ccccc2c2cc(-c3ccc(-c4ccc5c(c4)c4ccccc4n5Cc4ccccc4)cc3-c3ccc4c(c3)c3ccccc3n4Cc3ccccc3)ccc21. The summed E-state index contributed by atoms with van der Waals surface area (Å²) in [6.45, 7) is 1.65. The summed E-state index contributed by atoms with van der Waals surface area (Å²) < 4.78 is 7.24. The van der Waals surface area contributed by atoms with Crippen LogP contribution in [0.1, 0.15) is 11.1 Å². The van der Waals surface area contributed by atoms with E-state index in [1.165, 1.54) is 110 Å². The molecular formula is C57H41N3. The van der Waals surface area contributed by atoms with Crippen LogP contribution in [0, 0.1) is 0 Å². The van der Waals surface area contributed by atoms with Gasteiger partial charge in [0.25, 0.3) is 0 Å². The molecule has 0 fully saturated rings. The Labute approximate surface area is 348 Å². The maximum absolute atomic E-state index is 2.47. The van der Waals surface area contributed by atoms with Gasteiger partial charge in [0.2, 0.25) is 0 Å². The Balaban J connectivity index is 1.06. The molecule has 0 saturated carbocycles. The fourth-order valence-electron chi connectivity index (χ4n) is 9.88. The van der Waals surface area contributed by atoms with E-state index in [4.69, 9.17) is 0 Å². The minimum absolute atomic E-state index is 0.820. The lowest BCUT2D eigenvalue weighted by atomic mass is 9.89. The summed E-state index contributed by atoms with van der Waals surface area (Å²) >= 11 is 0. The second-order valence-corrected chi connectivity index (χ2v) is 16.2. The second-order valence-electron chi connectivity index (χ2n) is 16.2. The van der Waals surface area contributed by atoms with Crippen LogP contribution in [0.2, 0.25) is 0 Å². The predicted molar refractivity (Wildman–Crippen MR) is 254 cm³/mol. The van der Waals surface area contributed by atoms with Crippen molar-refractivity contribution >= 4 is 65.4 Å². The van der Waals surface area contributed by atoms with E-state index >= 15 is 0 Å². The number of rotatable bonds is 7. The Morgan fingerprint density at radius 3 is 1.23 bits per heavy atom. The topological polar surface area (TPSA) is 14.8 Å². The van der Waals surface area contributed by atoms with E-state index < -0.39 is 0 Å². The lowest BCUT2D eigenvalue weighted by Gasteiger charge is -2.15. The van der Waals surface area contributed by atoms with Gasteiger partial charge < -0.3 is 13.7 Å². The van der Waals surface area contributed by atoms with Crippen LogP contribution in [0.3, 0.4) is 0 Å². The van der Waals surface area contributed by atoms with Crippen LogP contribution in [0.5, 0.6) is 0 Å². The molecule has 12 aromatic rings. The highest BCUT2D eigenvalue weighted by Gasteiger charge is 2.18. The van der Waals surface area contributed by atoms with Crippen molar-refractivity contribution in [2.75, 3.05) is 0 Å². The first-order valence-electron chi connectivity index (χ1n) is 20.9. The van der Waals surface area contributed by atoms with Gasteiger partial charge in [-0.05, 0) is 105 Å². The molecule has 0 saturated heterocycles. The maximum Gasteiger partial charge on any atom is 0.0494 e. The molecule has 3 heteroatoms. The summed E-state index contributed by atoms with van der Waals surface area (Å²) in [5.74, 6) is 0. The van der Waals surface area contributed by atoms with Crippen LogP contribution in [0.25, 0.3) is 98.8 Å². The molecule has 0 aliphatic heterocycles. The Morgan fingerprint density at radius 2 is 0.650 bits per heavy atom. The highest BCUT2D eigenvalue weighted by molar-refractivity contribution is 6.12. The van der Waals surface area contributed by atoms with Crippen molar-refractivity contribution < 1.29 is 0 Å². The van der Waals surface area contributed by atoms with Gasteiger partial charge >= 0.3 is 0 Å². The first-order valence-corrected chi connectivity index (χ1v) is 20.9. The van der Waals surface area contributed by atoms with Gasteiger partial charge in [-0.3, -0.25) is 0 Å². The lowest BCUT2D eigenvalue weighted by Crippen LogP contribution is -1.99. The Morgan fingerprint density at radius 1 is 0.283 bits per heavy atom. The first kappa shape index (κ1) is 34.4. The van der Waals surface area contributed by atoms with Crippen LogP contribution in [0.15, 0.2) is 206 Å². The van der Waals surface area contributed by atoms with Crippen molar-refractivity contribution in [3.8, 4) is 33.4 Å². The number of aryl methyl sites for hydroxylation is 1. The van der Waals surface area contributed by atoms with E-state index in [0.717, 1.165) is 13.1 Å². The van der Waals surface area contributed by atoms with Crippen molar-refractivity contribution in [1.82, 2.24) is 13.7 Å². The molecule has 284 valence electrons. The van der Waals surface area contributed by atoms with Gasteiger partial charge in [0.05, 0.1) is 0 Å². The minimum atomic E-state index is 0.820. The Kier molecular flexibility index (Phi) is 7.89. The third-order valence-corrected chi connectivity index (χ3v) is 12.8. The number of nitrogens with zero attached hydrogens (tertiary/aromatic N) is 3. The largest absolute Gasteiger partial charge is 0.344 e. The summed E-state index contributed by atoms with van der Waals surface area (Å²) in [5, 5.41) is 7.66.